The fraction of sp³-hybridized carbons (Fsp3) is 0.500. The summed E-state index contributed by atoms with van der Waals surface area (Å²) in [4.78, 5) is 11.3. The summed E-state index contributed by atoms with van der Waals surface area (Å²) in [6.45, 7) is 6.93. The second kappa shape index (κ2) is 4.80. The second-order valence-corrected chi connectivity index (χ2v) is 6.22. The molecule has 1 saturated heterocycles. The highest BCUT2D eigenvalue weighted by Crippen LogP contribution is 2.32. The second-order valence-electron chi connectivity index (χ2n) is 6.22. The van der Waals surface area contributed by atoms with Gasteiger partial charge in [-0.05, 0) is 36.8 Å². The molecular weight excluding hydrogens is 234 g/mol. The molecule has 1 fully saturated rings. The van der Waals surface area contributed by atoms with Crippen LogP contribution in [0.5, 0.6) is 0 Å². The van der Waals surface area contributed by atoms with E-state index < -0.39 is 0 Å². The van der Waals surface area contributed by atoms with Crippen LogP contribution in [0.25, 0.3) is 10.9 Å². The number of anilines is 1. The van der Waals surface area contributed by atoms with Crippen LogP contribution in [0, 0.1) is 5.41 Å². The summed E-state index contributed by atoms with van der Waals surface area (Å²) < 4.78 is 0. The smallest absolute Gasteiger partial charge is 0.139 e. The summed E-state index contributed by atoms with van der Waals surface area (Å²) in [6.07, 6.45) is 5.46. The fourth-order valence-corrected chi connectivity index (χ4v) is 2.88. The van der Waals surface area contributed by atoms with Crippen molar-refractivity contribution in [1.82, 2.24) is 9.97 Å². The van der Waals surface area contributed by atoms with E-state index in [1.165, 1.54) is 24.6 Å². The van der Waals surface area contributed by atoms with E-state index in [4.69, 9.17) is 0 Å². The molecule has 1 aliphatic rings. The molecule has 3 rings (SSSR count). The Bertz CT molecular complexity index is 572. The molecule has 0 unspecified atom stereocenters. The average molecular weight is 255 g/mol. The number of hydrogen-bond acceptors (Lipinski definition) is 3. The molecule has 2 aromatic rings. The van der Waals surface area contributed by atoms with Gasteiger partial charge in [-0.1, -0.05) is 26.0 Å². The molecule has 0 bridgehead atoms. The van der Waals surface area contributed by atoms with Crippen molar-refractivity contribution in [3.63, 3.8) is 0 Å². The molecule has 0 amide bonds. The lowest BCUT2D eigenvalue weighted by molar-refractivity contribution is 0.325. The van der Waals surface area contributed by atoms with E-state index in [9.17, 15) is 0 Å². The number of nitrogens with zero attached hydrogens (tertiary/aromatic N) is 3. The van der Waals surface area contributed by atoms with Crippen LogP contribution in [0.15, 0.2) is 30.6 Å². The van der Waals surface area contributed by atoms with Gasteiger partial charge in [-0.2, -0.15) is 0 Å². The minimum Gasteiger partial charge on any atom is -0.356 e. The van der Waals surface area contributed by atoms with Crippen LogP contribution in [-0.2, 0) is 0 Å². The normalized spacial score (nSPS) is 19.4. The molecule has 0 N–H and O–H groups in total. The summed E-state index contributed by atoms with van der Waals surface area (Å²) in [6, 6.07) is 8.28. The maximum atomic E-state index is 4.53. The van der Waals surface area contributed by atoms with Crippen molar-refractivity contribution in [2.45, 2.75) is 33.1 Å². The van der Waals surface area contributed by atoms with Gasteiger partial charge in [-0.15, -0.1) is 0 Å². The van der Waals surface area contributed by atoms with Crippen LogP contribution >= 0.6 is 0 Å². The molecule has 3 heteroatoms. The number of hydrogen-bond donors (Lipinski definition) is 0. The molecule has 0 aliphatic carbocycles. The Morgan fingerprint density at radius 1 is 1.05 bits per heavy atom. The van der Waals surface area contributed by atoms with Gasteiger partial charge in [0.15, 0.2) is 0 Å². The largest absolute Gasteiger partial charge is 0.356 e. The van der Waals surface area contributed by atoms with Crippen molar-refractivity contribution in [3.05, 3.63) is 30.6 Å². The predicted octanol–water partition coefficient (Wildman–Crippen LogP) is 3.65. The fourth-order valence-electron chi connectivity index (χ4n) is 2.88. The third-order valence-corrected chi connectivity index (χ3v) is 4.16. The summed E-state index contributed by atoms with van der Waals surface area (Å²) in [5.74, 6) is 1.10. The predicted molar refractivity (Wildman–Crippen MR) is 79.4 cm³/mol. The van der Waals surface area contributed by atoms with E-state index >= 15 is 0 Å². The molecule has 19 heavy (non-hydrogen) atoms. The van der Waals surface area contributed by atoms with Crippen LogP contribution in [0.1, 0.15) is 33.1 Å². The van der Waals surface area contributed by atoms with Crippen LogP contribution in [0.3, 0.4) is 0 Å². The van der Waals surface area contributed by atoms with E-state index in [1.54, 1.807) is 6.33 Å². The lowest BCUT2D eigenvalue weighted by atomic mass is 9.85. The van der Waals surface area contributed by atoms with E-state index in [1.807, 2.05) is 6.07 Å². The number of para-hydroxylation sites is 1. The van der Waals surface area contributed by atoms with Crippen LogP contribution < -0.4 is 4.90 Å². The monoisotopic (exact) mass is 255 g/mol. The Morgan fingerprint density at radius 3 is 2.79 bits per heavy atom. The summed E-state index contributed by atoms with van der Waals surface area (Å²) >= 11 is 0. The summed E-state index contributed by atoms with van der Waals surface area (Å²) in [5.41, 5.74) is 1.49. The third-order valence-electron chi connectivity index (χ3n) is 4.16. The first-order valence-corrected chi connectivity index (χ1v) is 7.10. The van der Waals surface area contributed by atoms with Gasteiger partial charge in [-0.25, -0.2) is 9.97 Å². The molecule has 1 aromatic heterocycles. The van der Waals surface area contributed by atoms with Gasteiger partial charge in [0.05, 0.1) is 5.52 Å². The van der Waals surface area contributed by atoms with Gasteiger partial charge in [-0.3, -0.25) is 0 Å². The average Bonchev–Trinajstić information content (AvgIpc) is 2.59. The minimum absolute atomic E-state index is 0.456. The van der Waals surface area contributed by atoms with E-state index in [-0.39, 0.29) is 0 Å². The number of aromatic nitrogens is 2. The molecule has 3 nitrogen and oxygen atoms in total. The number of fused-ring (bicyclic) bond motifs is 1. The minimum atomic E-state index is 0.456. The maximum absolute atomic E-state index is 4.53. The van der Waals surface area contributed by atoms with Crippen molar-refractivity contribution in [2.75, 3.05) is 18.0 Å². The topological polar surface area (TPSA) is 29.0 Å². The maximum Gasteiger partial charge on any atom is 0.139 e. The van der Waals surface area contributed by atoms with Gasteiger partial charge in [0.2, 0.25) is 0 Å². The molecule has 1 aliphatic heterocycles. The van der Waals surface area contributed by atoms with Crippen molar-refractivity contribution in [3.8, 4) is 0 Å². The Labute approximate surface area is 114 Å². The van der Waals surface area contributed by atoms with E-state index in [0.29, 0.717) is 5.41 Å². The van der Waals surface area contributed by atoms with Crippen LogP contribution in [0.2, 0.25) is 0 Å². The Morgan fingerprint density at radius 2 is 1.89 bits per heavy atom. The first kappa shape index (κ1) is 12.4. The molecule has 1 aromatic carbocycles. The first-order chi connectivity index (χ1) is 9.16. The zero-order valence-corrected chi connectivity index (χ0v) is 11.8. The standard InChI is InChI=1S/C16H21N3/c1-16(2)8-5-10-19(11-9-16)15-13-6-3-4-7-14(13)17-12-18-15/h3-4,6-7,12H,5,8-11H2,1-2H3. The third kappa shape index (κ3) is 2.55. The molecule has 2 heterocycles. The van der Waals surface area contributed by atoms with Crippen molar-refractivity contribution in [1.29, 1.82) is 0 Å². The van der Waals surface area contributed by atoms with Crippen molar-refractivity contribution >= 4 is 16.7 Å². The van der Waals surface area contributed by atoms with Gasteiger partial charge < -0.3 is 4.90 Å². The lowest BCUT2D eigenvalue weighted by Crippen LogP contribution is -2.26. The van der Waals surface area contributed by atoms with Crippen molar-refractivity contribution in [2.24, 2.45) is 5.41 Å². The summed E-state index contributed by atoms with van der Waals surface area (Å²) in [7, 11) is 0. The zero-order valence-electron chi connectivity index (χ0n) is 11.8. The van der Waals surface area contributed by atoms with Crippen molar-refractivity contribution < 1.29 is 0 Å². The van der Waals surface area contributed by atoms with E-state index in [0.717, 1.165) is 24.4 Å². The van der Waals surface area contributed by atoms with Gasteiger partial charge in [0.1, 0.15) is 12.1 Å². The highest BCUT2D eigenvalue weighted by molar-refractivity contribution is 5.89. The first-order valence-electron chi connectivity index (χ1n) is 7.10. The highest BCUT2D eigenvalue weighted by atomic mass is 15.2. The number of rotatable bonds is 1. The Hall–Kier alpha value is -1.64. The SMILES string of the molecule is CC1(C)CCCN(c2ncnc3ccccc23)CC1. The quantitative estimate of drug-likeness (QED) is 0.779. The molecule has 0 radical (unpaired) electrons. The van der Waals surface area contributed by atoms with E-state index in [2.05, 4.69) is 46.9 Å². The van der Waals surface area contributed by atoms with Gasteiger partial charge in [0, 0.05) is 18.5 Å². The molecule has 100 valence electrons. The molecular formula is C16H21N3. The highest BCUT2D eigenvalue weighted by Gasteiger charge is 2.24. The summed E-state index contributed by atoms with van der Waals surface area (Å²) in [5, 5.41) is 1.17. The Kier molecular flexibility index (Phi) is 3.13. The molecule has 0 spiro atoms. The number of benzene rings is 1. The molecule has 0 atom stereocenters. The van der Waals surface area contributed by atoms with Gasteiger partial charge in [0.25, 0.3) is 0 Å². The van der Waals surface area contributed by atoms with Crippen LogP contribution in [0.4, 0.5) is 5.82 Å². The van der Waals surface area contributed by atoms with Gasteiger partial charge >= 0.3 is 0 Å². The van der Waals surface area contributed by atoms with Crippen LogP contribution in [-0.4, -0.2) is 23.1 Å². The lowest BCUT2D eigenvalue weighted by Gasteiger charge is -2.24. The zero-order chi connectivity index (χ0) is 13.3. The Balaban J connectivity index is 1.96. The molecule has 0 saturated carbocycles.